The molecular formula is C47H52N4O. The topological polar surface area (TPSA) is 44.9 Å². The van der Waals surface area contributed by atoms with Gasteiger partial charge in [0.25, 0.3) is 0 Å². The van der Waals surface area contributed by atoms with Crippen molar-refractivity contribution in [3.63, 3.8) is 0 Å². The van der Waals surface area contributed by atoms with Gasteiger partial charge in [0.15, 0.2) is 0 Å². The largest absolute Gasteiger partial charge is 0.457 e. The summed E-state index contributed by atoms with van der Waals surface area (Å²) in [4.78, 5) is 4.93. The van der Waals surface area contributed by atoms with E-state index in [0.29, 0.717) is 5.92 Å². The standard InChI is InChI=1S/C47H52N4O/c1-30(2)16-17-33-18-21-42-41(24-33)40-20-19-38(29-43(40)50(42)44-27-35(22-23-48-44)46(5,6)7)52-39-26-36(47(8,9)10)25-37(28-39)51-32(4)45(31(3)49-51)34-14-12-11-13-15-34/h11-15,18-30H,16-17H2,1-10H3. The first-order valence-electron chi connectivity index (χ1n) is 18.7. The van der Waals surface area contributed by atoms with Crippen molar-refractivity contribution >= 4 is 21.8 Å². The zero-order valence-electron chi connectivity index (χ0n) is 32.5. The number of fused-ring (bicyclic) bond motifs is 3. The molecule has 0 atom stereocenters. The highest BCUT2D eigenvalue weighted by atomic mass is 16.5. The van der Waals surface area contributed by atoms with Crippen LogP contribution >= 0.6 is 0 Å². The molecule has 52 heavy (non-hydrogen) atoms. The van der Waals surface area contributed by atoms with Crippen molar-refractivity contribution in [1.29, 1.82) is 0 Å². The minimum Gasteiger partial charge on any atom is -0.457 e. The first-order valence-corrected chi connectivity index (χ1v) is 18.7. The smallest absolute Gasteiger partial charge is 0.137 e. The number of nitrogens with zero attached hydrogens (tertiary/aromatic N) is 4. The average molecular weight is 689 g/mol. The summed E-state index contributed by atoms with van der Waals surface area (Å²) >= 11 is 0. The number of hydrogen-bond acceptors (Lipinski definition) is 3. The van der Waals surface area contributed by atoms with Crippen LogP contribution in [0.15, 0.2) is 103 Å². The molecule has 7 aromatic rings. The van der Waals surface area contributed by atoms with E-state index in [1.54, 1.807) is 0 Å². The fraction of sp³-hybridized carbons (Fsp3) is 0.319. The number of ether oxygens (including phenoxy) is 1. The molecule has 0 aliphatic heterocycles. The van der Waals surface area contributed by atoms with Gasteiger partial charge in [0, 0.05) is 40.4 Å². The van der Waals surface area contributed by atoms with Crippen molar-refractivity contribution in [2.45, 2.75) is 92.9 Å². The van der Waals surface area contributed by atoms with Gasteiger partial charge in [0.05, 0.1) is 22.4 Å². The first kappa shape index (κ1) is 35.3. The zero-order valence-corrected chi connectivity index (χ0v) is 32.5. The van der Waals surface area contributed by atoms with Crippen LogP contribution in [0.5, 0.6) is 11.5 Å². The van der Waals surface area contributed by atoms with Crippen molar-refractivity contribution < 1.29 is 4.74 Å². The molecule has 0 unspecified atom stereocenters. The van der Waals surface area contributed by atoms with Crippen molar-refractivity contribution in [1.82, 2.24) is 19.3 Å². The third kappa shape index (κ3) is 6.89. The summed E-state index contributed by atoms with van der Waals surface area (Å²) in [5.41, 5.74) is 11.3. The van der Waals surface area contributed by atoms with Crippen molar-refractivity contribution in [2.24, 2.45) is 5.92 Å². The Morgan fingerprint density at radius 1 is 0.692 bits per heavy atom. The summed E-state index contributed by atoms with van der Waals surface area (Å²) in [6, 6.07) is 34.8. The summed E-state index contributed by atoms with van der Waals surface area (Å²) in [6.07, 6.45) is 4.17. The molecule has 0 saturated carbocycles. The molecule has 3 aromatic heterocycles. The monoisotopic (exact) mass is 688 g/mol. The summed E-state index contributed by atoms with van der Waals surface area (Å²) in [6.45, 7) is 22.3. The molecule has 3 heterocycles. The van der Waals surface area contributed by atoms with E-state index in [1.807, 2.05) is 6.20 Å². The van der Waals surface area contributed by atoms with Gasteiger partial charge in [-0.2, -0.15) is 5.10 Å². The van der Waals surface area contributed by atoms with Gasteiger partial charge in [0.2, 0.25) is 0 Å². The molecule has 0 saturated heterocycles. The van der Waals surface area contributed by atoms with E-state index in [4.69, 9.17) is 14.8 Å². The number of aromatic nitrogens is 4. The molecule has 5 nitrogen and oxygen atoms in total. The zero-order chi connectivity index (χ0) is 36.9. The van der Waals surface area contributed by atoms with Gasteiger partial charge in [-0.15, -0.1) is 0 Å². The third-order valence-electron chi connectivity index (χ3n) is 10.2. The van der Waals surface area contributed by atoms with E-state index < -0.39 is 0 Å². The first-order chi connectivity index (χ1) is 24.7. The molecule has 0 amide bonds. The van der Waals surface area contributed by atoms with E-state index in [-0.39, 0.29) is 10.8 Å². The second-order valence-corrected chi connectivity index (χ2v) is 16.8. The molecule has 0 fully saturated rings. The molecule has 0 spiro atoms. The molecule has 0 aliphatic rings. The van der Waals surface area contributed by atoms with Crippen LogP contribution < -0.4 is 4.74 Å². The van der Waals surface area contributed by atoms with E-state index in [1.165, 1.54) is 38.6 Å². The Hall–Kier alpha value is -5.16. The maximum absolute atomic E-state index is 6.82. The highest BCUT2D eigenvalue weighted by molar-refractivity contribution is 6.09. The SMILES string of the molecule is Cc1nn(-c2cc(Oc3ccc4c5cc(CCC(C)C)ccc5n(-c5cc(C(C)(C)C)ccn5)c4c3)cc(C(C)(C)C)c2)c(C)c1-c1ccccc1. The third-order valence-corrected chi connectivity index (χ3v) is 10.2. The van der Waals surface area contributed by atoms with E-state index >= 15 is 0 Å². The van der Waals surface area contributed by atoms with Crippen LogP contribution in [0.4, 0.5) is 0 Å². The molecule has 5 heteroatoms. The Bertz CT molecular complexity index is 2400. The minimum absolute atomic E-state index is 0.00214. The van der Waals surface area contributed by atoms with Gasteiger partial charge in [-0.3, -0.25) is 4.57 Å². The molecule has 0 radical (unpaired) electrons. The number of hydrogen-bond donors (Lipinski definition) is 0. The van der Waals surface area contributed by atoms with Gasteiger partial charge in [-0.1, -0.05) is 91.8 Å². The molecule has 266 valence electrons. The van der Waals surface area contributed by atoms with Crippen LogP contribution in [0, 0.1) is 19.8 Å². The predicted molar refractivity (Wildman–Crippen MR) is 218 cm³/mol. The van der Waals surface area contributed by atoms with Gasteiger partial charge >= 0.3 is 0 Å². The van der Waals surface area contributed by atoms with Crippen molar-refractivity contribution in [2.75, 3.05) is 0 Å². The predicted octanol–water partition coefficient (Wildman–Crippen LogP) is 12.6. The lowest BCUT2D eigenvalue weighted by Gasteiger charge is -2.22. The summed E-state index contributed by atoms with van der Waals surface area (Å²) in [5, 5.41) is 7.47. The molecule has 7 rings (SSSR count). The minimum atomic E-state index is -0.0973. The second kappa shape index (κ2) is 13.4. The maximum atomic E-state index is 6.82. The average Bonchev–Trinajstić information content (AvgIpc) is 3.58. The van der Waals surface area contributed by atoms with Crippen LogP contribution in [-0.2, 0) is 17.3 Å². The number of aryl methyl sites for hydroxylation is 2. The number of pyridine rings is 1. The van der Waals surface area contributed by atoms with E-state index in [0.717, 1.165) is 58.3 Å². The Morgan fingerprint density at radius 2 is 1.44 bits per heavy atom. The van der Waals surface area contributed by atoms with Gasteiger partial charge in [0.1, 0.15) is 17.3 Å². The van der Waals surface area contributed by atoms with Gasteiger partial charge in [-0.25, -0.2) is 9.67 Å². The van der Waals surface area contributed by atoms with Gasteiger partial charge in [-0.05, 0) is 114 Å². The molecular weight excluding hydrogens is 637 g/mol. The quantitative estimate of drug-likeness (QED) is 0.160. The Balaban J connectivity index is 1.36. The van der Waals surface area contributed by atoms with Crippen LogP contribution in [0.2, 0.25) is 0 Å². The van der Waals surface area contributed by atoms with Crippen LogP contribution in [0.3, 0.4) is 0 Å². The van der Waals surface area contributed by atoms with Crippen LogP contribution in [0.25, 0.3) is 44.4 Å². The van der Waals surface area contributed by atoms with Gasteiger partial charge < -0.3 is 4.74 Å². The molecule has 0 bridgehead atoms. The second-order valence-electron chi connectivity index (χ2n) is 16.8. The van der Waals surface area contributed by atoms with Crippen LogP contribution in [0.1, 0.15) is 89.9 Å². The highest BCUT2D eigenvalue weighted by Gasteiger charge is 2.22. The fourth-order valence-electron chi connectivity index (χ4n) is 7.23. The van der Waals surface area contributed by atoms with E-state index in [9.17, 15) is 0 Å². The molecule has 0 aliphatic carbocycles. The Morgan fingerprint density at radius 3 is 2.15 bits per heavy atom. The lowest BCUT2D eigenvalue weighted by atomic mass is 9.86. The van der Waals surface area contributed by atoms with Crippen molar-refractivity contribution in [3.05, 3.63) is 131 Å². The normalized spacial score (nSPS) is 12.4. The van der Waals surface area contributed by atoms with E-state index in [2.05, 4.69) is 176 Å². The van der Waals surface area contributed by atoms with Crippen LogP contribution in [-0.4, -0.2) is 19.3 Å². The lowest BCUT2D eigenvalue weighted by Crippen LogP contribution is -2.12. The molecule has 0 N–H and O–H groups in total. The number of rotatable bonds is 8. The lowest BCUT2D eigenvalue weighted by molar-refractivity contribution is 0.478. The highest BCUT2D eigenvalue weighted by Crippen LogP contribution is 2.38. The maximum Gasteiger partial charge on any atom is 0.137 e. The Kier molecular flexibility index (Phi) is 9.10. The molecule has 4 aromatic carbocycles. The summed E-state index contributed by atoms with van der Waals surface area (Å²) in [7, 11) is 0. The summed E-state index contributed by atoms with van der Waals surface area (Å²) < 4.78 is 11.2. The summed E-state index contributed by atoms with van der Waals surface area (Å²) in [5.74, 6) is 3.13. The fourth-order valence-corrected chi connectivity index (χ4v) is 7.23. The Labute approximate surface area is 309 Å². The van der Waals surface area contributed by atoms with Crippen molar-refractivity contribution in [3.8, 4) is 34.1 Å². The number of benzene rings is 4.